The highest BCUT2D eigenvalue weighted by atomic mass is 32.2. The highest BCUT2D eigenvalue weighted by molar-refractivity contribution is 7.86. The molecule has 0 spiro atoms. The summed E-state index contributed by atoms with van der Waals surface area (Å²) in [5, 5.41) is 0. The molecule has 2 aromatic carbocycles. The molecule has 0 saturated carbocycles. The smallest absolute Gasteiger partial charge is 0.296 e. The zero-order valence-electron chi connectivity index (χ0n) is 11.2. The van der Waals surface area contributed by atoms with Gasteiger partial charge in [-0.25, -0.2) is 0 Å². The van der Waals surface area contributed by atoms with Crippen molar-refractivity contribution >= 4 is 21.5 Å². The van der Waals surface area contributed by atoms with E-state index in [-0.39, 0.29) is 10.6 Å². The van der Waals surface area contributed by atoms with Crippen LogP contribution in [0.15, 0.2) is 35.2 Å². The molecular weight excluding hydrogens is 276 g/mol. The first-order valence-electron chi connectivity index (χ1n) is 5.95. The van der Waals surface area contributed by atoms with Crippen LogP contribution in [0.5, 0.6) is 0 Å². The maximum Gasteiger partial charge on any atom is 0.296 e. The van der Waals surface area contributed by atoms with Crippen LogP contribution in [0.1, 0.15) is 11.1 Å². The molecule has 2 rings (SSSR count). The third kappa shape index (κ3) is 2.48. The second-order valence-corrected chi connectivity index (χ2v) is 6.11. The first-order valence-corrected chi connectivity index (χ1v) is 7.39. The minimum absolute atomic E-state index is 0.0265. The van der Waals surface area contributed by atoms with Gasteiger partial charge in [-0.05, 0) is 31.0 Å². The SMILES string of the molecule is Cc1cccc(-c2cc(S(=O)(=O)O)c(N)c(C)c2N)c1. The van der Waals surface area contributed by atoms with E-state index in [1.807, 2.05) is 31.2 Å². The molecule has 6 heteroatoms. The number of benzene rings is 2. The minimum Gasteiger partial charge on any atom is -0.398 e. The van der Waals surface area contributed by atoms with Crippen LogP contribution in [-0.2, 0) is 10.1 Å². The van der Waals surface area contributed by atoms with Crippen LogP contribution in [0, 0.1) is 13.8 Å². The maximum atomic E-state index is 11.4. The number of hydrogen-bond donors (Lipinski definition) is 3. The molecule has 5 N–H and O–H groups in total. The van der Waals surface area contributed by atoms with Gasteiger partial charge in [-0.1, -0.05) is 29.8 Å². The molecule has 0 unspecified atom stereocenters. The molecule has 20 heavy (non-hydrogen) atoms. The van der Waals surface area contributed by atoms with Crippen molar-refractivity contribution in [2.45, 2.75) is 18.7 Å². The lowest BCUT2D eigenvalue weighted by Gasteiger charge is -2.14. The minimum atomic E-state index is -4.39. The lowest BCUT2D eigenvalue weighted by molar-refractivity contribution is 0.483. The molecule has 0 amide bonds. The van der Waals surface area contributed by atoms with Gasteiger partial charge in [0.2, 0.25) is 0 Å². The van der Waals surface area contributed by atoms with Gasteiger partial charge >= 0.3 is 0 Å². The van der Waals surface area contributed by atoms with E-state index in [2.05, 4.69) is 0 Å². The molecule has 0 bridgehead atoms. The molecule has 0 aliphatic carbocycles. The van der Waals surface area contributed by atoms with Gasteiger partial charge in [0.15, 0.2) is 0 Å². The molecule has 0 fully saturated rings. The third-order valence-corrected chi connectivity index (χ3v) is 4.14. The van der Waals surface area contributed by atoms with Crippen molar-refractivity contribution in [3.8, 4) is 11.1 Å². The molecular formula is C14H16N2O3S. The number of hydrogen-bond acceptors (Lipinski definition) is 4. The zero-order valence-corrected chi connectivity index (χ0v) is 12.0. The van der Waals surface area contributed by atoms with Crippen molar-refractivity contribution in [1.82, 2.24) is 0 Å². The van der Waals surface area contributed by atoms with E-state index in [1.54, 1.807) is 6.92 Å². The second-order valence-electron chi connectivity index (χ2n) is 4.72. The Bertz CT molecular complexity index is 783. The van der Waals surface area contributed by atoms with Crippen molar-refractivity contribution < 1.29 is 13.0 Å². The van der Waals surface area contributed by atoms with Crippen LogP contribution in [-0.4, -0.2) is 13.0 Å². The summed E-state index contributed by atoms with van der Waals surface area (Å²) in [6, 6.07) is 8.79. The summed E-state index contributed by atoms with van der Waals surface area (Å²) in [5.41, 5.74) is 14.9. The van der Waals surface area contributed by atoms with Gasteiger partial charge in [0.25, 0.3) is 10.1 Å². The summed E-state index contributed by atoms with van der Waals surface area (Å²) >= 11 is 0. The first-order chi connectivity index (χ1) is 9.21. The fourth-order valence-corrected chi connectivity index (χ4v) is 2.78. The summed E-state index contributed by atoms with van der Waals surface area (Å²) in [4.78, 5) is -0.319. The average Bonchev–Trinajstić information content (AvgIpc) is 2.34. The molecule has 106 valence electrons. The summed E-state index contributed by atoms with van der Waals surface area (Å²) in [7, 11) is -4.39. The van der Waals surface area contributed by atoms with Crippen molar-refractivity contribution in [3.63, 3.8) is 0 Å². The van der Waals surface area contributed by atoms with Gasteiger partial charge in [-0.2, -0.15) is 8.42 Å². The van der Waals surface area contributed by atoms with Gasteiger partial charge in [0.1, 0.15) is 4.90 Å². The van der Waals surface area contributed by atoms with E-state index in [1.165, 1.54) is 6.07 Å². The van der Waals surface area contributed by atoms with Gasteiger partial charge in [-0.15, -0.1) is 0 Å². The highest BCUT2D eigenvalue weighted by Gasteiger charge is 2.20. The Hall–Kier alpha value is -2.05. The van der Waals surface area contributed by atoms with E-state index in [0.29, 0.717) is 16.8 Å². The van der Waals surface area contributed by atoms with E-state index in [4.69, 9.17) is 11.5 Å². The summed E-state index contributed by atoms with van der Waals surface area (Å²) in [6.07, 6.45) is 0. The molecule has 0 radical (unpaired) electrons. The molecule has 0 atom stereocenters. The summed E-state index contributed by atoms with van der Waals surface area (Å²) in [5.74, 6) is 0. The Kier molecular flexibility index (Phi) is 3.45. The lowest BCUT2D eigenvalue weighted by atomic mass is 9.98. The fraction of sp³-hybridized carbons (Fsp3) is 0.143. The molecule has 2 aromatic rings. The Labute approximate surface area is 118 Å². The maximum absolute atomic E-state index is 11.4. The van der Waals surface area contributed by atoms with Crippen LogP contribution in [0.4, 0.5) is 11.4 Å². The van der Waals surface area contributed by atoms with Crippen LogP contribution >= 0.6 is 0 Å². The molecule has 0 saturated heterocycles. The normalized spacial score (nSPS) is 11.6. The molecule has 5 nitrogen and oxygen atoms in total. The van der Waals surface area contributed by atoms with E-state index in [0.717, 1.165) is 11.1 Å². The Morgan fingerprint density at radius 1 is 1.05 bits per heavy atom. The van der Waals surface area contributed by atoms with Gasteiger partial charge in [0, 0.05) is 11.3 Å². The van der Waals surface area contributed by atoms with E-state index < -0.39 is 10.1 Å². The van der Waals surface area contributed by atoms with Crippen LogP contribution in [0.2, 0.25) is 0 Å². The summed E-state index contributed by atoms with van der Waals surface area (Å²) < 4.78 is 32.1. The zero-order chi connectivity index (χ0) is 15.1. The first kappa shape index (κ1) is 14.4. The number of nitrogen functional groups attached to an aromatic ring is 2. The lowest BCUT2D eigenvalue weighted by Crippen LogP contribution is -2.08. The van der Waals surface area contributed by atoms with Crippen molar-refractivity contribution in [1.29, 1.82) is 0 Å². The van der Waals surface area contributed by atoms with Crippen LogP contribution < -0.4 is 11.5 Å². The largest absolute Gasteiger partial charge is 0.398 e. The van der Waals surface area contributed by atoms with E-state index >= 15 is 0 Å². The topological polar surface area (TPSA) is 106 Å². The molecule has 0 aromatic heterocycles. The monoisotopic (exact) mass is 292 g/mol. The Balaban J connectivity index is 2.81. The van der Waals surface area contributed by atoms with Gasteiger partial charge in [-0.3, -0.25) is 4.55 Å². The number of anilines is 2. The van der Waals surface area contributed by atoms with Gasteiger partial charge in [0.05, 0.1) is 5.69 Å². The third-order valence-electron chi connectivity index (χ3n) is 3.25. The van der Waals surface area contributed by atoms with Crippen molar-refractivity contribution in [3.05, 3.63) is 41.5 Å². The van der Waals surface area contributed by atoms with Crippen LogP contribution in [0.3, 0.4) is 0 Å². The molecule has 0 aliphatic heterocycles. The quantitative estimate of drug-likeness (QED) is 0.582. The average molecular weight is 292 g/mol. The number of nitrogens with two attached hydrogens (primary N) is 2. The standard InChI is InChI=1S/C14H16N2O3S/c1-8-4-3-5-10(6-8)11-7-12(20(17,18)19)14(16)9(2)13(11)15/h3-7H,15-16H2,1-2H3,(H,17,18,19). The second kappa shape index (κ2) is 4.81. The predicted molar refractivity (Wildman–Crippen MR) is 80.0 cm³/mol. The molecule has 0 heterocycles. The number of rotatable bonds is 2. The summed E-state index contributed by atoms with van der Waals surface area (Å²) in [6.45, 7) is 3.55. The van der Waals surface area contributed by atoms with Crippen LogP contribution in [0.25, 0.3) is 11.1 Å². The molecule has 0 aliphatic rings. The van der Waals surface area contributed by atoms with Crippen molar-refractivity contribution in [2.24, 2.45) is 0 Å². The fourth-order valence-electron chi connectivity index (χ4n) is 2.08. The highest BCUT2D eigenvalue weighted by Crippen LogP contribution is 2.36. The van der Waals surface area contributed by atoms with E-state index in [9.17, 15) is 13.0 Å². The van der Waals surface area contributed by atoms with Crippen molar-refractivity contribution in [2.75, 3.05) is 11.5 Å². The van der Waals surface area contributed by atoms with Gasteiger partial charge < -0.3 is 11.5 Å². The predicted octanol–water partition coefficient (Wildman–Crippen LogP) is 2.38. The number of aryl methyl sites for hydroxylation is 1. The Morgan fingerprint density at radius 3 is 2.25 bits per heavy atom. The Morgan fingerprint density at radius 2 is 1.70 bits per heavy atom.